The number of hydrogen-bond acceptors (Lipinski definition) is 2. The zero-order valence-corrected chi connectivity index (χ0v) is 17.0. The Labute approximate surface area is 169 Å². The molecule has 2 heterocycles. The van der Waals surface area contributed by atoms with Gasteiger partial charge < -0.3 is 10.3 Å². The highest BCUT2D eigenvalue weighted by molar-refractivity contribution is 6.14. The van der Waals surface area contributed by atoms with Crippen molar-refractivity contribution in [3.8, 4) is 0 Å². The molecular weight excluding hydrogens is 367 g/mol. The maximum absolute atomic E-state index is 13.8. The quantitative estimate of drug-likeness (QED) is 0.643. The standard InChI is InChI=1S/C24H25FN2O2/c1-13(2)24(4)22(28)20(23(29)27-24)19(15-8-6-5-7-9-15)21-14(3)17-12-16(25)10-11-18(17)26-21/h5-13,19-20,26H,1-4H3,(H,27,29)/t19?,20?,24-/m1/s1. The van der Waals surface area contributed by atoms with E-state index in [-0.39, 0.29) is 23.4 Å². The molecule has 0 bridgehead atoms. The van der Waals surface area contributed by atoms with Gasteiger partial charge in [0.2, 0.25) is 5.91 Å². The molecule has 4 rings (SSSR count). The second-order valence-corrected chi connectivity index (χ2v) is 8.43. The number of fused-ring (bicyclic) bond motifs is 1. The van der Waals surface area contributed by atoms with E-state index in [9.17, 15) is 14.0 Å². The van der Waals surface area contributed by atoms with E-state index in [2.05, 4.69) is 10.3 Å². The minimum Gasteiger partial charge on any atom is -0.358 e. The van der Waals surface area contributed by atoms with E-state index in [1.165, 1.54) is 12.1 Å². The minimum atomic E-state index is -0.902. The Hall–Kier alpha value is -2.95. The Morgan fingerprint density at radius 2 is 1.76 bits per heavy atom. The number of aromatic nitrogens is 1. The molecule has 3 aromatic rings. The van der Waals surface area contributed by atoms with Crippen molar-refractivity contribution in [3.63, 3.8) is 0 Å². The van der Waals surface area contributed by atoms with Gasteiger partial charge in [-0.25, -0.2) is 4.39 Å². The summed E-state index contributed by atoms with van der Waals surface area (Å²) in [7, 11) is 0. The SMILES string of the molecule is Cc1c(C(c2ccccc2)C2C(=O)N[C@](C)(C(C)C)C2=O)[nH]c2ccc(F)cc12. The lowest BCUT2D eigenvalue weighted by Crippen LogP contribution is -2.48. The summed E-state index contributed by atoms with van der Waals surface area (Å²) in [5.74, 6) is -2.02. The first-order chi connectivity index (χ1) is 13.7. The van der Waals surface area contributed by atoms with Crippen molar-refractivity contribution in [1.29, 1.82) is 0 Å². The fourth-order valence-corrected chi connectivity index (χ4v) is 4.39. The summed E-state index contributed by atoms with van der Waals surface area (Å²) in [5.41, 5.74) is 2.40. The van der Waals surface area contributed by atoms with Crippen molar-refractivity contribution < 1.29 is 14.0 Å². The number of aryl methyl sites for hydroxylation is 1. The number of carbonyl (C=O) groups is 2. The third-order valence-corrected chi connectivity index (χ3v) is 6.48. The number of carbonyl (C=O) groups excluding carboxylic acids is 2. The number of Topliss-reactive ketones (excluding diaryl/α,β-unsaturated/α-hetero) is 1. The third kappa shape index (κ3) is 2.96. The van der Waals surface area contributed by atoms with Gasteiger partial charge in [-0.15, -0.1) is 0 Å². The molecule has 29 heavy (non-hydrogen) atoms. The Kier molecular flexibility index (Phi) is 4.56. The van der Waals surface area contributed by atoms with Gasteiger partial charge in [0.15, 0.2) is 5.78 Å². The number of benzene rings is 2. The van der Waals surface area contributed by atoms with Crippen molar-refractivity contribution in [2.24, 2.45) is 11.8 Å². The van der Waals surface area contributed by atoms with Gasteiger partial charge in [0, 0.05) is 22.5 Å². The molecule has 3 atom stereocenters. The number of ketones is 1. The van der Waals surface area contributed by atoms with Crippen LogP contribution in [0.3, 0.4) is 0 Å². The van der Waals surface area contributed by atoms with Gasteiger partial charge >= 0.3 is 0 Å². The average Bonchev–Trinajstić information content (AvgIpc) is 3.13. The predicted molar refractivity (Wildman–Crippen MR) is 111 cm³/mol. The normalized spacial score (nSPS) is 23.0. The summed E-state index contributed by atoms with van der Waals surface area (Å²) in [6.45, 7) is 7.58. The number of rotatable bonds is 4. The predicted octanol–water partition coefficient (Wildman–Crippen LogP) is 4.48. The number of hydrogen-bond donors (Lipinski definition) is 2. The maximum atomic E-state index is 13.8. The van der Waals surface area contributed by atoms with Gasteiger partial charge in [-0.1, -0.05) is 44.2 Å². The lowest BCUT2D eigenvalue weighted by molar-refractivity contribution is -0.129. The van der Waals surface area contributed by atoms with Gasteiger partial charge in [-0.2, -0.15) is 0 Å². The molecule has 0 saturated carbocycles. The Bertz CT molecular complexity index is 1100. The molecule has 4 nitrogen and oxygen atoms in total. The number of H-pyrrole nitrogens is 1. The second-order valence-electron chi connectivity index (χ2n) is 8.43. The van der Waals surface area contributed by atoms with Crippen LogP contribution < -0.4 is 5.32 Å². The van der Waals surface area contributed by atoms with E-state index in [1.807, 2.05) is 51.1 Å². The largest absolute Gasteiger partial charge is 0.358 e. The van der Waals surface area contributed by atoms with Crippen molar-refractivity contribution in [3.05, 3.63) is 71.2 Å². The highest BCUT2D eigenvalue weighted by atomic mass is 19.1. The smallest absolute Gasteiger partial charge is 0.232 e. The summed E-state index contributed by atoms with van der Waals surface area (Å²) in [5, 5.41) is 3.71. The van der Waals surface area contributed by atoms with Crippen molar-refractivity contribution in [2.45, 2.75) is 39.2 Å². The first-order valence-electron chi connectivity index (χ1n) is 9.93. The topological polar surface area (TPSA) is 62.0 Å². The van der Waals surface area contributed by atoms with E-state index in [0.717, 1.165) is 27.7 Å². The molecule has 1 aromatic heterocycles. The molecule has 2 aromatic carbocycles. The first-order valence-corrected chi connectivity index (χ1v) is 9.93. The van der Waals surface area contributed by atoms with Crippen LogP contribution >= 0.6 is 0 Å². The van der Waals surface area contributed by atoms with Gasteiger partial charge in [0.1, 0.15) is 11.7 Å². The van der Waals surface area contributed by atoms with E-state index in [1.54, 1.807) is 13.0 Å². The summed E-state index contributed by atoms with van der Waals surface area (Å²) in [4.78, 5) is 29.9. The van der Waals surface area contributed by atoms with Crippen LogP contribution in [-0.4, -0.2) is 22.2 Å². The molecule has 1 aliphatic heterocycles. The maximum Gasteiger partial charge on any atom is 0.232 e. The van der Waals surface area contributed by atoms with Gasteiger partial charge in [-0.05, 0) is 49.1 Å². The molecule has 150 valence electrons. The van der Waals surface area contributed by atoms with Crippen LogP contribution in [0.1, 0.15) is 43.5 Å². The molecule has 5 heteroatoms. The van der Waals surface area contributed by atoms with E-state index < -0.39 is 17.4 Å². The molecule has 1 saturated heterocycles. The van der Waals surface area contributed by atoms with E-state index in [0.29, 0.717) is 0 Å². The van der Waals surface area contributed by atoms with Crippen molar-refractivity contribution in [1.82, 2.24) is 10.3 Å². The molecule has 2 unspecified atom stereocenters. The number of halogens is 1. The number of amides is 1. The van der Waals surface area contributed by atoms with E-state index >= 15 is 0 Å². The molecule has 1 amide bonds. The lowest BCUT2D eigenvalue weighted by Gasteiger charge is -2.28. The summed E-state index contributed by atoms with van der Waals surface area (Å²) in [6.07, 6.45) is 0. The molecule has 2 N–H and O–H groups in total. The van der Waals surface area contributed by atoms with Crippen LogP contribution in [0.5, 0.6) is 0 Å². The van der Waals surface area contributed by atoms with Crippen LogP contribution in [0.2, 0.25) is 0 Å². The van der Waals surface area contributed by atoms with Gasteiger partial charge in [0.25, 0.3) is 0 Å². The Morgan fingerprint density at radius 1 is 1.07 bits per heavy atom. The average molecular weight is 392 g/mol. The van der Waals surface area contributed by atoms with Crippen LogP contribution in [0.25, 0.3) is 10.9 Å². The van der Waals surface area contributed by atoms with Crippen LogP contribution in [0, 0.1) is 24.6 Å². The molecule has 1 fully saturated rings. The van der Waals surface area contributed by atoms with Crippen LogP contribution in [-0.2, 0) is 9.59 Å². The summed E-state index contributed by atoms with van der Waals surface area (Å²) in [6, 6.07) is 14.2. The summed E-state index contributed by atoms with van der Waals surface area (Å²) >= 11 is 0. The Morgan fingerprint density at radius 3 is 2.38 bits per heavy atom. The fraction of sp³-hybridized carbons (Fsp3) is 0.333. The van der Waals surface area contributed by atoms with Crippen molar-refractivity contribution in [2.75, 3.05) is 0 Å². The molecule has 0 aliphatic carbocycles. The van der Waals surface area contributed by atoms with Gasteiger partial charge in [0.05, 0.1) is 5.54 Å². The van der Waals surface area contributed by atoms with Gasteiger partial charge in [-0.3, -0.25) is 9.59 Å². The highest BCUT2D eigenvalue weighted by Gasteiger charge is 2.54. The van der Waals surface area contributed by atoms with E-state index in [4.69, 9.17) is 0 Å². The number of aromatic amines is 1. The molecule has 0 radical (unpaired) electrons. The summed E-state index contributed by atoms with van der Waals surface area (Å²) < 4.78 is 13.8. The lowest BCUT2D eigenvalue weighted by atomic mass is 9.75. The second kappa shape index (κ2) is 6.83. The molecular formula is C24H25FN2O2. The fourth-order valence-electron chi connectivity index (χ4n) is 4.39. The number of nitrogens with one attached hydrogen (secondary N) is 2. The zero-order valence-electron chi connectivity index (χ0n) is 17.0. The van der Waals surface area contributed by atoms with Crippen molar-refractivity contribution >= 4 is 22.6 Å². The first kappa shape index (κ1) is 19.4. The third-order valence-electron chi connectivity index (χ3n) is 6.48. The van der Waals surface area contributed by atoms with Crippen LogP contribution in [0.4, 0.5) is 4.39 Å². The molecule has 1 aliphatic rings. The molecule has 0 spiro atoms. The zero-order chi connectivity index (χ0) is 20.9. The highest BCUT2D eigenvalue weighted by Crippen LogP contribution is 2.42. The monoisotopic (exact) mass is 392 g/mol. The minimum absolute atomic E-state index is 0.0294. The Balaban J connectivity index is 1.92. The van der Waals surface area contributed by atoms with Crippen LogP contribution in [0.15, 0.2) is 48.5 Å².